The average molecular weight is 996 g/mol. The third kappa shape index (κ3) is 7.21. The molecule has 0 amide bonds. The van der Waals surface area contributed by atoms with Gasteiger partial charge in [0.25, 0.3) is 6.71 Å². The van der Waals surface area contributed by atoms with E-state index >= 15 is 0 Å². The Labute approximate surface area is 456 Å². The second kappa shape index (κ2) is 16.9. The molecule has 76 heavy (non-hydrogen) atoms. The van der Waals surface area contributed by atoms with Gasteiger partial charge >= 0.3 is 0 Å². The van der Waals surface area contributed by atoms with Crippen molar-refractivity contribution >= 4 is 68.6 Å². The van der Waals surface area contributed by atoms with Crippen LogP contribution in [0.15, 0.2) is 176 Å². The topological polar surface area (TPSA) is 9.72 Å². The van der Waals surface area contributed by atoms with Gasteiger partial charge in [0.05, 0.1) is 16.9 Å². The standard InChI is InChI=1S/C72H78BN3/c1-66(2,3)49-34-37-58(53(42-49)47-26-18-16-19-27-47)74-61-32-24-22-30-56(61)73-57-31-23-25-33-62(57)75(59-38-35-50(67(4,5)6)43-54(59)48-28-20-17-21-29-48)64-46-52(45-63(74)65(64)73)76-60-39-36-51(68(7,8)9)44-55(60)71(14)69(10,11)40-41-70(12,13)72(71,76)15/h16-39,42-46H,40-41H2,1-15H3. The van der Waals surface area contributed by atoms with Crippen LogP contribution in [0.3, 0.4) is 0 Å². The first-order chi connectivity index (χ1) is 35.9. The summed E-state index contributed by atoms with van der Waals surface area (Å²) < 4.78 is 0. The van der Waals surface area contributed by atoms with Crippen LogP contribution >= 0.6 is 0 Å². The SMILES string of the molecule is CC(C)(C)c1ccc(N2c3ccccc3B3c4ccccc4N(c4ccc(C(C)(C)C)cc4-c4ccccc4)c4cc(N5c6ccc(C(C)(C)C)cc6C6(C)C(C)(C)CCC(C)(C)C56C)cc2c43)c(-c2ccccc2)c1. The van der Waals surface area contributed by atoms with E-state index in [4.69, 9.17) is 0 Å². The highest BCUT2D eigenvalue weighted by molar-refractivity contribution is 7.00. The Balaban J connectivity index is 1.25. The number of hydrogen-bond donors (Lipinski definition) is 0. The summed E-state index contributed by atoms with van der Waals surface area (Å²) in [7, 11) is 0. The number of benzene rings is 8. The summed E-state index contributed by atoms with van der Waals surface area (Å²) in [5.74, 6) is 0. The first-order valence-electron chi connectivity index (χ1n) is 28.2. The minimum Gasteiger partial charge on any atom is -0.334 e. The van der Waals surface area contributed by atoms with E-state index < -0.39 is 0 Å². The van der Waals surface area contributed by atoms with E-state index in [-0.39, 0.29) is 44.7 Å². The maximum absolute atomic E-state index is 2.86. The predicted molar refractivity (Wildman–Crippen MR) is 329 cm³/mol. The molecule has 8 aromatic carbocycles. The molecule has 3 nitrogen and oxygen atoms in total. The summed E-state index contributed by atoms with van der Waals surface area (Å²) in [6.07, 6.45) is 2.29. The Bertz CT molecular complexity index is 3430. The summed E-state index contributed by atoms with van der Waals surface area (Å²) in [6.45, 7) is 36.6. The molecule has 1 aliphatic carbocycles. The zero-order valence-corrected chi connectivity index (χ0v) is 48.1. The predicted octanol–water partition coefficient (Wildman–Crippen LogP) is 18.0. The molecule has 8 aromatic rings. The van der Waals surface area contributed by atoms with Crippen LogP contribution in [0.25, 0.3) is 22.3 Å². The number of anilines is 8. The van der Waals surface area contributed by atoms with Crippen molar-refractivity contribution in [2.45, 2.75) is 144 Å². The summed E-state index contributed by atoms with van der Waals surface area (Å²) in [6, 6.07) is 68.2. The summed E-state index contributed by atoms with van der Waals surface area (Å²) >= 11 is 0. The largest absolute Gasteiger partial charge is 0.334 e. The van der Waals surface area contributed by atoms with Gasteiger partial charge in [-0.15, -0.1) is 0 Å². The average Bonchev–Trinajstić information content (AvgIpc) is 3.84. The van der Waals surface area contributed by atoms with Crippen molar-refractivity contribution in [1.82, 2.24) is 0 Å². The van der Waals surface area contributed by atoms with Gasteiger partial charge in [-0.2, -0.15) is 0 Å². The van der Waals surface area contributed by atoms with Crippen molar-refractivity contribution in [3.8, 4) is 22.3 Å². The third-order valence-corrected chi connectivity index (χ3v) is 19.6. The lowest BCUT2D eigenvalue weighted by atomic mass is 9.33. The van der Waals surface area contributed by atoms with Crippen LogP contribution < -0.4 is 31.1 Å². The lowest BCUT2D eigenvalue weighted by Gasteiger charge is -2.65. The van der Waals surface area contributed by atoms with Crippen LogP contribution in [0.2, 0.25) is 0 Å². The first kappa shape index (κ1) is 50.1. The lowest BCUT2D eigenvalue weighted by Crippen LogP contribution is -2.69. The molecule has 3 heterocycles. The molecule has 12 rings (SSSR count). The molecule has 1 fully saturated rings. The van der Waals surface area contributed by atoms with Gasteiger partial charge < -0.3 is 14.7 Å². The maximum Gasteiger partial charge on any atom is 0.252 e. The van der Waals surface area contributed by atoms with Crippen molar-refractivity contribution in [3.63, 3.8) is 0 Å². The fourth-order valence-corrected chi connectivity index (χ4v) is 14.5. The van der Waals surface area contributed by atoms with Crippen LogP contribution in [0.5, 0.6) is 0 Å². The van der Waals surface area contributed by atoms with Crippen molar-refractivity contribution in [2.75, 3.05) is 14.7 Å². The van der Waals surface area contributed by atoms with E-state index in [9.17, 15) is 0 Å². The molecular formula is C72H78BN3. The normalized spacial score (nSPS) is 20.1. The second-order valence-electron chi connectivity index (χ2n) is 27.6. The molecule has 4 aliphatic rings. The van der Waals surface area contributed by atoms with Crippen molar-refractivity contribution in [2.24, 2.45) is 10.8 Å². The van der Waals surface area contributed by atoms with Crippen molar-refractivity contribution in [3.05, 3.63) is 198 Å². The molecule has 0 saturated heterocycles. The van der Waals surface area contributed by atoms with E-state index in [0.717, 1.165) is 12.8 Å². The Hall–Kier alpha value is -6.78. The number of rotatable bonds is 5. The van der Waals surface area contributed by atoms with E-state index in [1.54, 1.807) is 0 Å². The summed E-state index contributed by atoms with van der Waals surface area (Å²) in [4.78, 5) is 8.18. The Morgan fingerprint density at radius 1 is 0.382 bits per heavy atom. The fraction of sp³-hybridized carbons (Fsp3) is 0.333. The van der Waals surface area contributed by atoms with Gasteiger partial charge in [0.2, 0.25) is 0 Å². The molecule has 0 bridgehead atoms. The highest BCUT2D eigenvalue weighted by Crippen LogP contribution is 2.72. The first-order valence-corrected chi connectivity index (χ1v) is 28.2. The van der Waals surface area contributed by atoms with Crippen LogP contribution in [-0.4, -0.2) is 12.3 Å². The third-order valence-electron chi connectivity index (χ3n) is 19.6. The zero-order valence-electron chi connectivity index (χ0n) is 48.1. The highest BCUT2D eigenvalue weighted by Gasteiger charge is 2.70. The summed E-state index contributed by atoms with van der Waals surface area (Å²) in [5, 5.41) is 0. The lowest BCUT2D eigenvalue weighted by molar-refractivity contribution is -0.0415. The maximum atomic E-state index is 2.86. The van der Waals surface area contributed by atoms with Crippen LogP contribution in [0.4, 0.5) is 45.5 Å². The minimum atomic E-state index is -0.330. The van der Waals surface area contributed by atoms with Crippen LogP contribution in [0.1, 0.15) is 139 Å². The smallest absolute Gasteiger partial charge is 0.252 e. The second-order valence-corrected chi connectivity index (χ2v) is 27.6. The van der Waals surface area contributed by atoms with Gasteiger partial charge in [-0.05, 0) is 151 Å². The number of nitrogens with zero attached hydrogens (tertiary/aromatic N) is 3. The molecule has 3 aliphatic heterocycles. The van der Waals surface area contributed by atoms with E-state index in [2.05, 4.69) is 294 Å². The van der Waals surface area contributed by atoms with Gasteiger partial charge in [-0.1, -0.05) is 218 Å². The molecule has 384 valence electrons. The van der Waals surface area contributed by atoms with E-state index in [1.807, 2.05) is 0 Å². The Morgan fingerprint density at radius 2 is 0.776 bits per heavy atom. The zero-order chi connectivity index (χ0) is 53.7. The van der Waals surface area contributed by atoms with Crippen LogP contribution in [0, 0.1) is 10.8 Å². The molecular weight excluding hydrogens is 918 g/mol. The number of para-hydroxylation sites is 2. The molecule has 0 spiro atoms. The molecule has 1 saturated carbocycles. The van der Waals surface area contributed by atoms with Gasteiger partial charge in [-0.3, -0.25) is 0 Å². The van der Waals surface area contributed by atoms with Crippen molar-refractivity contribution in [1.29, 1.82) is 0 Å². The van der Waals surface area contributed by atoms with E-state index in [1.165, 1.54) is 106 Å². The van der Waals surface area contributed by atoms with Gasteiger partial charge in [-0.25, -0.2) is 0 Å². The highest BCUT2D eigenvalue weighted by atomic mass is 15.3. The molecule has 2 unspecified atom stereocenters. The molecule has 0 N–H and O–H groups in total. The Morgan fingerprint density at radius 3 is 1.22 bits per heavy atom. The van der Waals surface area contributed by atoms with E-state index in [0.29, 0.717) is 0 Å². The Kier molecular flexibility index (Phi) is 11.1. The van der Waals surface area contributed by atoms with Crippen molar-refractivity contribution < 1.29 is 0 Å². The molecule has 0 aromatic heterocycles. The molecule has 4 heteroatoms. The van der Waals surface area contributed by atoms with Gasteiger partial charge in [0.15, 0.2) is 0 Å². The minimum absolute atomic E-state index is 0.000427. The molecule has 2 atom stereocenters. The fourth-order valence-electron chi connectivity index (χ4n) is 14.5. The number of fused-ring (bicyclic) bond motifs is 7. The summed E-state index contributed by atoms with van der Waals surface area (Å²) in [5.41, 5.74) is 23.4. The number of hydrogen-bond acceptors (Lipinski definition) is 3. The quantitative estimate of drug-likeness (QED) is 0.159. The molecule has 0 radical (unpaired) electrons. The van der Waals surface area contributed by atoms with Gasteiger partial charge in [0.1, 0.15) is 0 Å². The van der Waals surface area contributed by atoms with Gasteiger partial charge in [0, 0.05) is 50.7 Å². The van der Waals surface area contributed by atoms with Crippen LogP contribution in [-0.2, 0) is 21.7 Å². The monoisotopic (exact) mass is 996 g/mol.